The van der Waals surface area contributed by atoms with E-state index in [1.807, 2.05) is 49.6 Å². The fourth-order valence-corrected chi connectivity index (χ4v) is 3.64. The molecular weight excluding hydrogens is 386 g/mol. The lowest BCUT2D eigenvalue weighted by molar-refractivity contribution is -0.120. The molecule has 7 heteroatoms. The summed E-state index contributed by atoms with van der Waals surface area (Å²) in [7, 11) is 0. The highest BCUT2D eigenvalue weighted by Gasteiger charge is 2.10. The molecule has 2 aromatic heterocycles. The standard InChI is InChI=1S/C22H25N3O3S/c1-3-27-19-8-7-16(12-20(19)28-4-2)9-11-24-21(26)13-18-15-29-22(25-18)17-6-5-10-23-14-17/h5-8,10,12,14-15H,3-4,9,11,13H2,1-2H3,(H,24,26). The molecule has 0 saturated carbocycles. The Morgan fingerprint density at radius 1 is 1.14 bits per heavy atom. The Hall–Kier alpha value is -2.93. The van der Waals surface area contributed by atoms with Gasteiger partial charge in [0.25, 0.3) is 0 Å². The number of benzene rings is 1. The molecular formula is C22H25N3O3S. The highest BCUT2D eigenvalue weighted by atomic mass is 32.1. The molecule has 0 spiro atoms. The lowest BCUT2D eigenvalue weighted by atomic mass is 10.1. The van der Waals surface area contributed by atoms with Crippen molar-refractivity contribution in [1.29, 1.82) is 0 Å². The van der Waals surface area contributed by atoms with E-state index in [4.69, 9.17) is 9.47 Å². The van der Waals surface area contributed by atoms with Gasteiger partial charge in [-0.2, -0.15) is 0 Å². The van der Waals surface area contributed by atoms with Gasteiger partial charge in [-0.15, -0.1) is 11.3 Å². The number of hydrogen-bond acceptors (Lipinski definition) is 6. The number of pyridine rings is 1. The minimum Gasteiger partial charge on any atom is -0.490 e. The summed E-state index contributed by atoms with van der Waals surface area (Å²) in [5.41, 5.74) is 2.82. The van der Waals surface area contributed by atoms with Crippen molar-refractivity contribution in [3.8, 4) is 22.1 Å². The molecule has 0 bridgehead atoms. The second kappa shape index (κ2) is 10.6. The number of nitrogens with one attached hydrogen (secondary N) is 1. The van der Waals surface area contributed by atoms with Crippen molar-refractivity contribution < 1.29 is 14.3 Å². The predicted molar refractivity (Wildman–Crippen MR) is 115 cm³/mol. The van der Waals surface area contributed by atoms with E-state index in [2.05, 4.69) is 15.3 Å². The zero-order chi connectivity index (χ0) is 20.5. The summed E-state index contributed by atoms with van der Waals surface area (Å²) in [5, 5.41) is 5.75. The topological polar surface area (TPSA) is 73.3 Å². The molecule has 0 aliphatic rings. The first kappa shape index (κ1) is 20.8. The maximum absolute atomic E-state index is 12.3. The van der Waals surface area contributed by atoms with Crippen molar-refractivity contribution in [1.82, 2.24) is 15.3 Å². The molecule has 6 nitrogen and oxygen atoms in total. The third-order valence-electron chi connectivity index (χ3n) is 4.15. The van der Waals surface area contributed by atoms with E-state index in [1.165, 1.54) is 11.3 Å². The third-order valence-corrected chi connectivity index (χ3v) is 5.09. The minimum atomic E-state index is -0.0380. The largest absolute Gasteiger partial charge is 0.490 e. The molecule has 3 aromatic rings. The van der Waals surface area contributed by atoms with E-state index in [1.54, 1.807) is 12.4 Å². The molecule has 29 heavy (non-hydrogen) atoms. The molecule has 2 heterocycles. The molecule has 0 unspecified atom stereocenters. The van der Waals surface area contributed by atoms with E-state index in [-0.39, 0.29) is 12.3 Å². The molecule has 0 saturated heterocycles. The van der Waals surface area contributed by atoms with Crippen LogP contribution in [0.4, 0.5) is 0 Å². The van der Waals surface area contributed by atoms with Crippen LogP contribution in [0.5, 0.6) is 11.5 Å². The van der Waals surface area contributed by atoms with Gasteiger partial charge in [-0.1, -0.05) is 6.07 Å². The maximum Gasteiger partial charge on any atom is 0.226 e. The number of ether oxygens (including phenoxy) is 2. The van der Waals surface area contributed by atoms with E-state index in [0.717, 1.165) is 39.7 Å². The number of nitrogens with zero attached hydrogens (tertiary/aromatic N) is 2. The molecule has 0 fully saturated rings. The van der Waals surface area contributed by atoms with Crippen molar-refractivity contribution in [2.24, 2.45) is 0 Å². The number of rotatable bonds is 10. The van der Waals surface area contributed by atoms with Gasteiger partial charge in [-0.05, 0) is 50.1 Å². The smallest absolute Gasteiger partial charge is 0.226 e. The van der Waals surface area contributed by atoms with E-state index < -0.39 is 0 Å². The highest BCUT2D eigenvalue weighted by Crippen LogP contribution is 2.28. The molecule has 1 N–H and O–H groups in total. The van der Waals surface area contributed by atoms with Crippen LogP contribution in [0.2, 0.25) is 0 Å². The summed E-state index contributed by atoms with van der Waals surface area (Å²) in [6.07, 6.45) is 4.49. The summed E-state index contributed by atoms with van der Waals surface area (Å²) in [5.74, 6) is 1.45. The van der Waals surface area contributed by atoms with Gasteiger partial charge in [-0.3, -0.25) is 9.78 Å². The van der Waals surface area contributed by atoms with Crippen molar-refractivity contribution in [3.63, 3.8) is 0 Å². The molecule has 3 rings (SSSR count). The third kappa shape index (κ3) is 6.02. The highest BCUT2D eigenvalue weighted by molar-refractivity contribution is 7.13. The Labute approximate surface area is 174 Å². The Kier molecular flexibility index (Phi) is 7.58. The first-order valence-electron chi connectivity index (χ1n) is 9.69. The fraction of sp³-hybridized carbons (Fsp3) is 0.318. The maximum atomic E-state index is 12.3. The Morgan fingerprint density at radius 2 is 1.97 bits per heavy atom. The van der Waals surface area contributed by atoms with Crippen molar-refractivity contribution >= 4 is 17.2 Å². The van der Waals surface area contributed by atoms with Gasteiger partial charge in [0.2, 0.25) is 5.91 Å². The number of aromatic nitrogens is 2. The normalized spacial score (nSPS) is 10.6. The van der Waals surface area contributed by atoms with Gasteiger partial charge >= 0.3 is 0 Å². The molecule has 0 aliphatic heterocycles. The Bertz CT molecular complexity index is 928. The van der Waals surface area contributed by atoms with Crippen LogP contribution in [0.15, 0.2) is 48.1 Å². The number of hydrogen-bond donors (Lipinski definition) is 1. The number of amides is 1. The second-order valence-corrected chi connectivity index (χ2v) is 7.17. The van der Waals surface area contributed by atoms with Gasteiger partial charge in [0.15, 0.2) is 11.5 Å². The first-order valence-corrected chi connectivity index (χ1v) is 10.6. The summed E-state index contributed by atoms with van der Waals surface area (Å²) in [4.78, 5) is 20.9. The molecule has 0 aliphatic carbocycles. The van der Waals surface area contributed by atoms with Crippen LogP contribution in [0, 0.1) is 0 Å². The van der Waals surface area contributed by atoms with E-state index in [9.17, 15) is 4.79 Å². The van der Waals surface area contributed by atoms with Crippen molar-refractivity contribution in [2.45, 2.75) is 26.7 Å². The molecule has 1 aromatic carbocycles. The lowest BCUT2D eigenvalue weighted by Crippen LogP contribution is -2.27. The summed E-state index contributed by atoms with van der Waals surface area (Å²) >= 11 is 1.52. The summed E-state index contributed by atoms with van der Waals surface area (Å²) in [6.45, 7) is 5.61. The van der Waals surface area contributed by atoms with Crippen LogP contribution >= 0.6 is 11.3 Å². The van der Waals surface area contributed by atoms with E-state index >= 15 is 0 Å². The molecule has 0 atom stereocenters. The molecule has 1 amide bonds. The van der Waals surface area contributed by atoms with Crippen LogP contribution in [0.25, 0.3) is 10.6 Å². The van der Waals surface area contributed by atoms with Gasteiger partial charge in [-0.25, -0.2) is 4.98 Å². The lowest BCUT2D eigenvalue weighted by Gasteiger charge is -2.12. The number of carbonyl (C=O) groups is 1. The van der Waals surface area contributed by atoms with Gasteiger partial charge in [0.1, 0.15) is 5.01 Å². The van der Waals surface area contributed by atoms with Crippen LogP contribution in [-0.2, 0) is 17.6 Å². The van der Waals surface area contributed by atoms with Crippen LogP contribution in [0.3, 0.4) is 0 Å². The summed E-state index contributed by atoms with van der Waals surface area (Å²) < 4.78 is 11.2. The second-order valence-electron chi connectivity index (χ2n) is 6.31. The van der Waals surface area contributed by atoms with Crippen LogP contribution in [-0.4, -0.2) is 35.6 Å². The Morgan fingerprint density at radius 3 is 2.72 bits per heavy atom. The number of carbonyl (C=O) groups excluding carboxylic acids is 1. The average molecular weight is 412 g/mol. The van der Waals surface area contributed by atoms with Gasteiger partial charge < -0.3 is 14.8 Å². The SMILES string of the molecule is CCOc1ccc(CCNC(=O)Cc2csc(-c3cccnc3)n2)cc1OCC. The molecule has 152 valence electrons. The Balaban J connectivity index is 1.50. The van der Waals surface area contributed by atoms with E-state index in [0.29, 0.717) is 19.8 Å². The van der Waals surface area contributed by atoms with Crippen LogP contribution < -0.4 is 14.8 Å². The van der Waals surface area contributed by atoms with Crippen molar-refractivity contribution in [3.05, 3.63) is 59.4 Å². The molecule has 0 radical (unpaired) electrons. The van der Waals surface area contributed by atoms with Crippen LogP contribution in [0.1, 0.15) is 25.1 Å². The quantitative estimate of drug-likeness (QED) is 0.548. The zero-order valence-corrected chi connectivity index (χ0v) is 17.5. The first-order chi connectivity index (χ1) is 14.2. The summed E-state index contributed by atoms with van der Waals surface area (Å²) in [6, 6.07) is 9.73. The zero-order valence-electron chi connectivity index (χ0n) is 16.7. The average Bonchev–Trinajstić information content (AvgIpc) is 3.19. The predicted octanol–water partition coefficient (Wildman–Crippen LogP) is 3.90. The fourth-order valence-electron chi connectivity index (χ4n) is 2.83. The minimum absolute atomic E-state index is 0.0380. The number of thiazole rings is 1. The van der Waals surface area contributed by atoms with Gasteiger partial charge in [0.05, 0.1) is 25.3 Å². The monoisotopic (exact) mass is 411 g/mol. The van der Waals surface area contributed by atoms with Gasteiger partial charge in [0, 0.05) is 29.9 Å². The van der Waals surface area contributed by atoms with Crippen molar-refractivity contribution in [2.75, 3.05) is 19.8 Å².